The second kappa shape index (κ2) is 5.14. The van der Waals surface area contributed by atoms with E-state index in [1.165, 1.54) is 44.3 Å². The molecule has 0 saturated heterocycles. The molecule has 0 radical (unpaired) electrons. The molecule has 1 saturated carbocycles. The van der Waals surface area contributed by atoms with Crippen molar-refractivity contribution in [3.63, 3.8) is 0 Å². The lowest BCUT2D eigenvalue weighted by atomic mass is 9.89. The van der Waals surface area contributed by atoms with E-state index < -0.39 is 5.97 Å². The third-order valence-electron chi connectivity index (χ3n) is 3.59. The number of carbonyl (C=O) groups is 1. The lowest BCUT2D eigenvalue weighted by Gasteiger charge is -2.23. The van der Waals surface area contributed by atoms with Gasteiger partial charge in [-0.25, -0.2) is 4.79 Å². The number of ether oxygens (including phenoxy) is 1. The van der Waals surface area contributed by atoms with Crippen molar-refractivity contribution >= 4 is 28.3 Å². The lowest BCUT2D eigenvalue weighted by molar-refractivity contribution is 0.0603. The van der Waals surface area contributed by atoms with E-state index in [1.807, 2.05) is 0 Å². The van der Waals surface area contributed by atoms with Crippen LogP contribution in [0, 0.1) is 5.41 Å². The zero-order valence-corrected chi connectivity index (χ0v) is 11.6. The van der Waals surface area contributed by atoms with Gasteiger partial charge in [0.2, 0.25) is 0 Å². The molecule has 1 aliphatic rings. The number of hydrogen-bond acceptors (Lipinski definition) is 6. The molecule has 6 heteroatoms. The van der Waals surface area contributed by atoms with E-state index in [2.05, 4.69) is 16.6 Å². The summed E-state index contributed by atoms with van der Waals surface area (Å²) in [6.07, 6.45) is 5.02. The number of esters is 1. The van der Waals surface area contributed by atoms with E-state index in [0.717, 1.165) is 6.54 Å². The zero-order valence-electron chi connectivity index (χ0n) is 10.8. The van der Waals surface area contributed by atoms with Crippen molar-refractivity contribution in [1.82, 2.24) is 4.37 Å². The predicted octanol–water partition coefficient (Wildman–Crippen LogP) is 2.50. The minimum Gasteiger partial charge on any atom is -0.465 e. The second-order valence-electron chi connectivity index (χ2n) is 5.13. The first-order chi connectivity index (χ1) is 8.56. The van der Waals surface area contributed by atoms with Gasteiger partial charge in [0.15, 0.2) is 5.82 Å². The first-order valence-electron chi connectivity index (χ1n) is 6.13. The molecule has 0 spiro atoms. The van der Waals surface area contributed by atoms with Gasteiger partial charge in [0.1, 0.15) is 10.6 Å². The number of nitrogen functional groups attached to an aromatic ring is 1. The molecular formula is C12H19N3O2S. The molecule has 0 atom stereocenters. The van der Waals surface area contributed by atoms with E-state index >= 15 is 0 Å². The Labute approximate surface area is 111 Å². The zero-order chi connectivity index (χ0) is 13.2. The Morgan fingerprint density at radius 1 is 1.56 bits per heavy atom. The van der Waals surface area contributed by atoms with Crippen molar-refractivity contribution in [3.05, 3.63) is 5.56 Å². The molecule has 3 N–H and O–H groups in total. The van der Waals surface area contributed by atoms with Crippen LogP contribution in [-0.2, 0) is 4.74 Å². The summed E-state index contributed by atoms with van der Waals surface area (Å²) in [5.41, 5.74) is 6.37. The topological polar surface area (TPSA) is 77.2 Å². The fraction of sp³-hybridized carbons (Fsp3) is 0.667. The number of nitrogens with one attached hydrogen (secondary N) is 1. The third kappa shape index (κ3) is 2.58. The van der Waals surface area contributed by atoms with Gasteiger partial charge in [0, 0.05) is 6.54 Å². The molecule has 2 rings (SSSR count). The summed E-state index contributed by atoms with van der Waals surface area (Å²) in [6.45, 7) is 3.12. The quantitative estimate of drug-likeness (QED) is 0.821. The van der Waals surface area contributed by atoms with Gasteiger partial charge < -0.3 is 15.8 Å². The average Bonchev–Trinajstić information content (AvgIpc) is 2.93. The van der Waals surface area contributed by atoms with E-state index in [1.54, 1.807) is 0 Å². The van der Waals surface area contributed by atoms with Crippen molar-refractivity contribution in [2.75, 3.05) is 24.7 Å². The molecule has 1 fully saturated rings. The Hall–Kier alpha value is -1.30. The lowest BCUT2D eigenvalue weighted by Crippen LogP contribution is -2.23. The van der Waals surface area contributed by atoms with Gasteiger partial charge in [-0.2, -0.15) is 4.37 Å². The van der Waals surface area contributed by atoms with Gasteiger partial charge in [-0.3, -0.25) is 0 Å². The minimum atomic E-state index is -0.430. The number of nitrogens with two attached hydrogens (primary N) is 1. The molecule has 100 valence electrons. The Kier molecular flexibility index (Phi) is 3.75. The van der Waals surface area contributed by atoms with Crippen molar-refractivity contribution in [2.24, 2.45) is 5.41 Å². The Morgan fingerprint density at radius 2 is 2.22 bits per heavy atom. The van der Waals surface area contributed by atoms with E-state index in [0.29, 0.717) is 16.0 Å². The Bertz CT molecular complexity index is 439. The normalized spacial score (nSPS) is 17.7. The molecule has 0 amide bonds. The smallest absolute Gasteiger partial charge is 0.344 e. The number of carbonyl (C=O) groups excluding carboxylic acids is 1. The molecule has 0 unspecified atom stereocenters. The summed E-state index contributed by atoms with van der Waals surface area (Å²) in [5, 5.41) is 4.02. The van der Waals surface area contributed by atoms with Gasteiger partial charge in [-0.15, -0.1) is 0 Å². The molecule has 5 nitrogen and oxygen atoms in total. The van der Waals surface area contributed by atoms with Crippen LogP contribution in [0.1, 0.15) is 43.0 Å². The minimum absolute atomic E-state index is 0.242. The monoisotopic (exact) mass is 269 g/mol. The molecule has 1 aliphatic carbocycles. The fourth-order valence-electron chi connectivity index (χ4n) is 2.42. The van der Waals surface area contributed by atoms with Gasteiger partial charge in [-0.1, -0.05) is 19.8 Å². The largest absolute Gasteiger partial charge is 0.465 e. The van der Waals surface area contributed by atoms with Crippen molar-refractivity contribution in [3.8, 4) is 0 Å². The number of rotatable bonds is 4. The van der Waals surface area contributed by atoms with Crippen LogP contribution in [0.3, 0.4) is 0 Å². The summed E-state index contributed by atoms with van der Waals surface area (Å²) in [6, 6.07) is 0. The molecule has 0 bridgehead atoms. The van der Waals surface area contributed by atoms with Crippen LogP contribution in [0.4, 0.5) is 10.8 Å². The predicted molar refractivity (Wildman–Crippen MR) is 72.9 cm³/mol. The summed E-state index contributed by atoms with van der Waals surface area (Å²) >= 11 is 1.21. The third-order valence-corrected chi connectivity index (χ3v) is 4.41. The maximum Gasteiger partial charge on any atom is 0.344 e. The maximum absolute atomic E-state index is 11.6. The van der Waals surface area contributed by atoms with Gasteiger partial charge in [0.25, 0.3) is 0 Å². The molecule has 1 aromatic heterocycles. The highest BCUT2D eigenvalue weighted by Crippen LogP contribution is 2.38. The van der Waals surface area contributed by atoms with Crippen molar-refractivity contribution < 1.29 is 9.53 Å². The summed E-state index contributed by atoms with van der Waals surface area (Å²) < 4.78 is 8.73. The SMILES string of the molecule is COC(=O)c1c(N)nsc1NCC1(C)CCCC1. The molecule has 0 aliphatic heterocycles. The number of hydrogen-bond donors (Lipinski definition) is 2. The van der Waals surface area contributed by atoms with Gasteiger partial charge in [0.05, 0.1) is 7.11 Å². The Morgan fingerprint density at radius 3 is 2.83 bits per heavy atom. The number of methoxy groups -OCH3 is 1. The second-order valence-corrected chi connectivity index (χ2v) is 5.91. The standard InChI is InChI=1S/C12H19N3O2S/c1-12(5-3-4-6-12)7-14-10-8(11(16)17-2)9(13)15-18-10/h14H,3-7H2,1-2H3,(H2,13,15). The highest BCUT2D eigenvalue weighted by Gasteiger charge is 2.29. The van der Waals surface area contributed by atoms with E-state index in [-0.39, 0.29) is 5.82 Å². The van der Waals surface area contributed by atoms with Crippen LogP contribution in [0.25, 0.3) is 0 Å². The first-order valence-corrected chi connectivity index (χ1v) is 6.90. The van der Waals surface area contributed by atoms with E-state index in [9.17, 15) is 4.79 Å². The highest BCUT2D eigenvalue weighted by atomic mass is 32.1. The summed E-state index contributed by atoms with van der Waals surface area (Å²) in [4.78, 5) is 11.6. The van der Waals surface area contributed by atoms with Crippen LogP contribution in [0.5, 0.6) is 0 Å². The number of nitrogens with zero attached hydrogens (tertiary/aromatic N) is 1. The fourth-order valence-corrected chi connectivity index (χ4v) is 3.12. The molecule has 0 aromatic carbocycles. The van der Waals surface area contributed by atoms with Crippen LogP contribution in [-0.4, -0.2) is 24.0 Å². The van der Waals surface area contributed by atoms with E-state index in [4.69, 9.17) is 10.5 Å². The highest BCUT2D eigenvalue weighted by molar-refractivity contribution is 7.11. The molecule has 18 heavy (non-hydrogen) atoms. The van der Waals surface area contributed by atoms with Gasteiger partial charge >= 0.3 is 5.97 Å². The molecular weight excluding hydrogens is 250 g/mol. The van der Waals surface area contributed by atoms with Crippen LogP contribution in [0.2, 0.25) is 0 Å². The molecule has 1 heterocycles. The summed E-state index contributed by atoms with van der Waals surface area (Å²) in [5.74, 6) is -0.189. The number of aromatic nitrogens is 1. The Balaban J connectivity index is 2.07. The van der Waals surface area contributed by atoms with Crippen molar-refractivity contribution in [2.45, 2.75) is 32.6 Å². The average molecular weight is 269 g/mol. The maximum atomic E-state index is 11.6. The first kappa shape index (κ1) is 13.1. The van der Waals surface area contributed by atoms with Crippen molar-refractivity contribution in [1.29, 1.82) is 0 Å². The summed E-state index contributed by atoms with van der Waals surface area (Å²) in [7, 11) is 1.35. The number of anilines is 2. The van der Waals surface area contributed by atoms with Gasteiger partial charge in [-0.05, 0) is 29.8 Å². The molecule has 1 aromatic rings. The van der Waals surface area contributed by atoms with Crippen LogP contribution in [0.15, 0.2) is 0 Å². The van der Waals surface area contributed by atoms with Crippen LogP contribution < -0.4 is 11.1 Å². The van der Waals surface area contributed by atoms with Crippen LogP contribution >= 0.6 is 11.5 Å².